The van der Waals surface area contributed by atoms with Crippen LogP contribution in [0.5, 0.6) is 0 Å². The molecule has 5 heteroatoms. The van der Waals surface area contributed by atoms with E-state index in [1.807, 2.05) is 0 Å². The zero-order valence-corrected chi connectivity index (χ0v) is 12.8. The molecule has 2 atom stereocenters. The van der Waals surface area contributed by atoms with E-state index in [0.717, 1.165) is 25.7 Å². The number of carbonyl (C=O) groups excluding carboxylic acids is 1. The van der Waals surface area contributed by atoms with Gasteiger partial charge in [0.1, 0.15) is 6.10 Å². The minimum Gasteiger partial charge on any atom is -0.364 e. The van der Waals surface area contributed by atoms with Gasteiger partial charge in [0.15, 0.2) is 0 Å². The molecule has 2 rings (SSSR count). The van der Waals surface area contributed by atoms with Gasteiger partial charge in [0, 0.05) is 12.6 Å². The maximum atomic E-state index is 12.1. The number of amides is 1. The van der Waals surface area contributed by atoms with E-state index < -0.39 is 0 Å². The largest absolute Gasteiger partial charge is 0.364 e. The number of ether oxygens (including phenoxy) is 1. The van der Waals surface area contributed by atoms with Crippen molar-refractivity contribution in [3.63, 3.8) is 0 Å². The van der Waals surface area contributed by atoms with Gasteiger partial charge in [-0.25, -0.2) is 0 Å². The monoisotopic (exact) mass is 290 g/mol. The molecular formula is C14H27ClN2O2. The van der Waals surface area contributed by atoms with Crippen molar-refractivity contribution in [3.05, 3.63) is 0 Å². The first-order chi connectivity index (χ1) is 8.50. The summed E-state index contributed by atoms with van der Waals surface area (Å²) in [6, 6.07) is 0.339. The smallest absolute Gasteiger partial charge is 0.249 e. The summed E-state index contributed by atoms with van der Waals surface area (Å²) in [6.07, 6.45) is 6.08. The first-order valence-electron chi connectivity index (χ1n) is 7.16. The molecule has 2 fully saturated rings. The van der Waals surface area contributed by atoms with Crippen molar-refractivity contribution in [2.24, 2.45) is 11.1 Å². The fraction of sp³-hybridized carbons (Fsp3) is 0.929. The van der Waals surface area contributed by atoms with Crippen LogP contribution < -0.4 is 11.1 Å². The molecule has 0 unspecified atom stereocenters. The first-order valence-corrected chi connectivity index (χ1v) is 7.16. The SMILES string of the molecule is CC1(C)CCC(NC(=O)[C@@H]2CC[C@H](CN)O2)CC1.Cl. The van der Waals surface area contributed by atoms with Crippen LogP contribution in [0.4, 0.5) is 0 Å². The third-order valence-corrected chi connectivity index (χ3v) is 4.35. The Kier molecular flexibility index (Phi) is 6.09. The van der Waals surface area contributed by atoms with Gasteiger partial charge in [-0.15, -0.1) is 12.4 Å². The van der Waals surface area contributed by atoms with E-state index in [4.69, 9.17) is 10.5 Å². The lowest BCUT2D eigenvalue weighted by atomic mass is 9.75. The molecule has 0 bridgehead atoms. The summed E-state index contributed by atoms with van der Waals surface area (Å²) >= 11 is 0. The summed E-state index contributed by atoms with van der Waals surface area (Å²) in [6.45, 7) is 5.12. The highest BCUT2D eigenvalue weighted by atomic mass is 35.5. The van der Waals surface area contributed by atoms with E-state index in [1.54, 1.807) is 0 Å². The average molecular weight is 291 g/mol. The topological polar surface area (TPSA) is 64.4 Å². The van der Waals surface area contributed by atoms with Crippen molar-refractivity contribution in [2.45, 2.75) is 70.6 Å². The maximum absolute atomic E-state index is 12.1. The lowest BCUT2D eigenvalue weighted by molar-refractivity contribution is -0.133. The van der Waals surface area contributed by atoms with Gasteiger partial charge in [-0.3, -0.25) is 4.79 Å². The van der Waals surface area contributed by atoms with Gasteiger partial charge in [-0.1, -0.05) is 13.8 Å². The van der Waals surface area contributed by atoms with Crippen molar-refractivity contribution in [1.29, 1.82) is 0 Å². The molecule has 1 saturated carbocycles. The Morgan fingerprint density at radius 1 is 1.26 bits per heavy atom. The molecule has 0 spiro atoms. The van der Waals surface area contributed by atoms with Crippen molar-refractivity contribution in [1.82, 2.24) is 5.32 Å². The van der Waals surface area contributed by atoms with Crippen LogP contribution in [-0.2, 0) is 9.53 Å². The van der Waals surface area contributed by atoms with Gasteiger partial charge in [-0.2, -0.15) is 0 Å². The van der Waals surface area contributed by atoms with E-state index in [2.05, 4.69) is 19.2 Å². The summed E-state index contributed by atoms with van der Waals surface area (Å²) < 4.78 is 5.62. The number of hydrogen-bond donors (Lipinski definition) is 2. The fourth-order valence-corrected chi connectivity index (χ4v) is 2.91. The Morgan fingerprint density at radius 2 is 1.89 bits per heavy atom. The predicted molar refractivity (Wildman–Crippen MR) is 78.4 cm³/mol. The lowest BCUT2D eigenvalue weighted by Gasteiger charge is -2.35. The molecule has 0 aromatic carbocycles. The molecule has 3 N–H and O–H groups in total. The van der Waals surface area contributed by atoms with Crippen molar-refractivity contribution < 1.29 is 9.53 Å². The number of carbonyl (C=O) groups is 1. The van der Waals surface area contributed by atoms with E-state index >= 15 is 0 Å². The Hall–Kier alpha value is -0.320. The van der Waals surface area contributed by atoms with E-state index in [0.29, 0.717) is 18.0 Å². The van der Waals surface area contributed by atoms with Crippen molar-refractivity contribution in [2.75, 3.05) is 6.54 Å². The molecule has 1 amide bonds. The molecule has 1 aliphatic carbocycles. The summed E-state index contributed by atoms with van der Waals surface area (Å²) in [5.74, 6) is 0.0654. The fourth-order valence-electron chi connectivity index (χ4n) is 2.91. The highest BCUT2D eigenvalue weighted by Crippen LogP contribution is 2.35. The molecule has 1 saturated heterocycles. The molecule has 0 aromatic rings. The Balaban J connectivity index is 0.00000180. The molecule has 0 radical (unpaired) electrons. The third-order valence-electron chi connectivity index (χ3n) is 4.35. The number of nitrogens with two attached hydrogens (primary N) is 1. The van der Waals surface area contributed by atoms with Crippen LogP contribution in [0.25, 0.3) is 0 Å². The van der Waals surface area contributed by atoms with E-state index in [1.165, 1.54) is 12.8 Å². The lowest BCUT2D eigenvalue weighted by Crippen LogP contribution is -2.44. The minimum atomic E-state index is -0.270. The average Bonchev–Trinajstić information content (AvgIpc) is 2.80. The van der Waals surface area contributed by atoms with Crippen LogP contribution in [0, 0.1) is 5.41 Å². The molecule has 1 aliphatic heterocycles. The van der Waals surface area contributed by atoms with Gasteiger partial charge in [-0.05, 0) is 43.9 Å². The van der Waals surface area contributed by atoms with Crippen LogP contribution >= 0.6 is 12.4 Å². The number of hydrogen-bond acceptors (Lipinski definition) is 3. The van der Waals surface area contributed by atoms with Crippen LogP contribution in [0.2, 0.25) is 0 Å². The minimum absolute atomic E-state index is 0. The molecule has 1 heterocycles. The van der Waals surface area contributed by atoms with Crippen LogP contribution in [-0.4, -0.2) is 30.7 Å². The molecule has 112 valence electrons. The third kappa shape index (κ3) is 4.62. The molecule has 2 aliphatic rings. The Bertz CT molecular complexity index is 300. The summed E-state index contributed by atoms with van der Waals surface area (Å²) in [5.41, 5.74) is 5.99. The summed E-state index contributed by atoms with van der Waals surface area (Å²) in [5, 5.41) is 3.14. The molecular weight excluding hydrogens is 264 g/mol. The molecule has 19 heavy (non-hydrogen) atoms. The second-order valence-electron chi connectivity index (χ2n) is 6.51. The van der Waals surface area contributed by atoms with Crippen LogP contribution in [0.1, 0.15) is 52.4 Å². The number of rotatable bonds is 3. The number of nitrogens with one attached hydrogen (secondary N) is 1. The normalized spacial score (nSPS) is 30.7. The van der Waals surface area contributed by atoms with E-state index in [-0.39, 0.29) is 30.5 Å². The Morgan fingerprint density at radius 3 is 2.42 bits per heavy atom. The van der Waals surface area contributed by atoms with Crippen molar-refractivity contribution in [3.8, 4) is 0 Å². The van der Waals surface area contributed by atoms with Gasteiger partial charge >= 0.3 is 0 Å². The molecule has 4 nitrogen and oxygen atoms in total. The zero-order valence-electron chi connectivity index (χ0n) is 12.0. The molecule has 0 aromatic heterocycles. The second kappa shape index (κ2) is 6.91. The van der Waals surface area contributed by atoms with Gasteiger partial charge in [0.05, 0.1) is 6.10 Å². The van der Waals surface area contributed by atoms with Crippen molar-refractivity contribution >= 4 is 18.3 Å². The predicted octanol–water partition coefficient (Wildman–Crippen LogP) is 2.00. The second-order valence-corrected chi connectivity index (χ2v) is 6.51. The van der Waals surface area contributed by atoms with Gasteiger partial charge < -0.3 is 15.8 Å². The maximum Gasteiger partial charge on any atom is 0.249 e. The summed E-state index contributed by atoms with van der Waals surface area (Å²) in [7, 11) is 0. The van der Waals surface area contributed by atoms with Gasteiger partial charge in [0.2, 0.25) is 5.91 Å². The van der Waals surface area contributed by atoms with Crippen LogP contribution in [0.15, 0.2) is 0 Å². The zero-order chi connectivity index (χ0) is 13.2. The highest BCUT2D eigenvalue weighted by molar-refractivity contribution is 5.85. The van der Waals surface area contributed by atoms with Gasteiger partial charge in [0.25, 0.3) is 0 Å². The standard InChI is InChI=1S/C14H26N2O2.ClH/c1-14(2)7-5-10(6-8-14)16-13(17)12-4-3-11(9-15)18-12;/h10-12H,3-9,15H2,1-2H3,(H,16,17);1H/t11-,12+;/m1./s1. The number of halogens is 1. The van der Waals surface area contributed by atoms with E-state index in [9.17, 15) is 4.79 Å². The highest BCUT2D eigenvalue weighted by Gasteiger charge is 2.33. The summed E-state index contributed by atoms with van der Waals surface area (Å²) in [4.78, 5) is 12.1. The quantitative estimate of drug-likeness (QED) is 0.835. The first kappa shape index (κ1) is 16.7. The Labute approximate surface area is 122 Å². The van der Waals surface area contributed by atoms with Crippen LogP contribution in [0.3, 0.4) is 0 Å².